The molecule has 1 saturated carbocycles. The predicted molar refractivity (Wildman–Crippen MR) is 95.6 cm³/mol. The maximum atomic E-state index is 3.74. The van der Waals surface area contributed by atoms with Crippen LogP contribution >= 0.6 is 31.9 Å². The van der Waals surface area contributed by atoms with E-state index in [1.807, 2.05) is 0 Å². The van der Waals surface area contributed by atoms with Gasteiger partial charge in [-0.1, -0.05) is 62.2 Å². The van der Waals surface area contributed by atoms with Crippen LogP contribution in [0, 0.1) is 0 Å². The van der Waals surface area contributed by atoms with Crippen molar-refractivity contribution in [3.8, 4) is 0 Å². The lowest BCUT2D eigenvalue weighted by molar-refractivity contribution is 0.270. The van der Waals surface area contributed by atoms with Gasteiger partial charge in [0, 0.05) is 21.0 Å². The Morgan fingerprint density at radius 2 is 1.81 bits per heavy atom. The fraction of sp³-hybridized carbons (Fsp3) is 0.333. The number of hydrogen-bond donors (Lipinski definition) is 1. The van der Waals surface area contributed by atoms with Gasteiger partial charge < -0.3 is 5.32 Å². The molecule has 2 aromatic rings. The molecule has 0 spiro atoms. The van der Waals surface area contributed by atoms with Crippen molar-refractivity contribution in [1.82, 2.24) is 5.32 Å². The largest absolute Gasteiger partial charge is 0.307 e. The van der Waals surface area contributed by atoms with E-state index in [4.69, 9.17) is 0 Å². The Balaban J connectivity index is 1.56. The maximum absolute atomic E-state index is 3.74. The number of hydrogen-bond acceptors (Lipinski definition) is 1. The molecule has 0 bridgehead atoms. The SMILES string of the molecule is CC(NC1CC(c2ccccc2Br)C1)c1cccc(Br)c1. The van der Waals surface area contributed by atoms with Gasteiger partial charge in [-0.2, -0.15) is 0 Å². The van der Waals surface area contributed by atoms with Crippen LogP contribution in [0.2, 0.25) is 0 Å². The molecule has 0 heterocycles. The highest BCUT2D eigenvalue weighted by atomic mass is 79.9. The summed E-state index contributed by atoms with van der Waals surface area (Å²) >= 11 is 7.20. The first kappa shape index (κ1) is 15.3. The molecule has 1 N–H and O–H groups in total. The average molecular weight is 409 g/mol. The van der Waals surface area contributed by atoms with Gasteiger partial charge >= 0.3 is 0 Å². The lowest BCUT2D eigenvalue weighted by Crippen LogP contribution is -2.41. The van der Waals surface area contributed by atoms with E-state index >= 15 is 0 Å². The van der Waals surface area contributed by atoms with E-state index in [9.17, 15) is 0 Å². The lowest BCUT2D eigenvalue weighted by Gasteiger charge is -2.38. The van der Waals surface area contributed by atoms with Crippen LogP contribution in [0.3, 0.4) is 0 Å². The van der Waals surface area contributed by atoms with Crippen molar-refractivity contribution >= 4 is 31.9 Å². The highest BCUT2D eigenvalue weighted by Crippen LogP contribution is 2.40. The Kier molecular flexibility index (Phi) is 4.82. The summed E-state index contributed by atoms with van der Waals surface area (Å²) in [5.41, 5.74) is 2.79. The zero-order chi connectivity index (χ0) is 14.8. The van der Waals surface area contributed by atoms with Gasteiger partial charge in [0.1, 0.15) is 0 Å². The van der Waals surface area contributed by atoms with Crippen molar-refractivity contribution in [2.75, 3.05) is 0 Å². The fourth-order valence-corrected chi connectivity index (χ4v) is 4.07. The number of halogens is 2. The summed E-state index contributed by atoms with van der Waals surface area (Å²) in [6, 6.07) is 18.2. The van der Waals surface area contributed by atoms with Crippen LogP contribution in [-0.2, 0) is 0 Å². The minimum absolute atomic E-state index is 0.396. The zero-order valence-electron chi connectivity index (χ0n) is 12.0. The van der Waals surface area contributed by atoms with E-state index in [1.54, 1.807) is 0 Å². The van der Waals surface area contributed by atoms with Gasteiger partial charge in [-0.25, -0.2) is 0 Å². The molecule has 0 aromatic heterocycles. The van der Waals surface area contributed by atoms with E-state index in [0.717, 1.165) is 4.47 Å². The summed E-state index contributed by atoms with van der Waals surface area (Å²) in [4.78, 5) is 0. The Morgan fingerprint density at radius 3 is 2.52 bits per heavy atom. The minimum Gasteiger partial charge on any atom is -0.307 e. The van der Waals surface area contributed by atoms with Crippen LogP contribution in [0.5, 0.6) is 0 Å². The first-order valence-corrected chi connectivity index (χ1v) is 8.98. The number of nitrogens with one attached hydrogen (secondary N) is 1. The minimum atomic E-state index is 0.396. The predicted octanol–water partition coefficient (Wildman–Crippen LogP) is 5.81. The van der Waals surface area contributed by atoms with Gasteiger partial charge in [0.15, 0.2) is 0 Å². The molecule has 3 heteroatoms. The molecule has 2 aromatic carbocycles. The first-order chi connectivity index (χ1) is 10.1. The standard InChI is InChI=1S/C18H19Br2N/c1-12(13-5-4-6-15(19)9-13)21-16-10-14(11-16)17-7-2-3-8-18(17)20/h2-9,12,14,16,21H,10-11H2,1H3. The summed E-state index contributed by atoms with van der Waals surface area (Å²) < 4.78 is 2.39. The van der Waals surface area contributed by atoms with Crippen molar-refractivity contribution in [1.29, 1.82) is 0 Å². The number of benzene rings is 2. The Labute approximate surface area is 143 Å². The third-order valence-corrected chi connectivity index (χ3v) is 5.53. The third kappa shape index (κ3) is 3.58. The molecule has 0 radical (unpaired) electrons. The van der Waals surface area contributed by atoms with E-state index in [1.165, 1.54) is 28.4 Å². The van der Waals surface area contributed by atoms with Crippen molar-refractivity contribution in [2.45, 2.75) is 37.8 Å². The lowest BCUT2D eigenvalue weighted by atomic mass is 9.75. The zero-order valence-corrected chi connectivity index (χ0v) is 15.2. The molecule has 1 aliphatic rings. The molecule has 1 nitrogen and oxygen atoms in total. The summed E-state index contributed by atoms with van der Waals surface area (Å²) in [5, 5.41) is 3.74. The summed E-state index contributed by atoms with van der Waals surface area (Å²) in [6.07, 6.45) is 2.45. The highest BCUT2D eigenvalue weighted by Gasteiger charge is 2.32. The van der Waals surface area contributed by atoms with Crippen LogP contribution in [0.1, 0.15) is 42.9 Å². The molecule has 1 atom stereocenters. The Morgan fingerprint density at radius 1 is 1.05 bits per heavy atom. The van der Waals surface area contributed by atoms with Crippen molar-refractivity contribution in [2.24, 2.45) is 0 Å². The molecule has 1 aliphatic carbocycles. The summed E-state index contributed by atoms with van der Waals surface area (Å²) in [6.45, 7) is 2.24. The molecule has 1 unspecified atom stereocenters. The summed E-state index contributed by atoms with van der Waals surface area (Å²) in [7, 11) is 0. The van der Waals surface area contributed by atoms with Crippen LogP contribution in [0.25, 0.3) is 0 Å². The third-order valence-electron chi connectivity index (χ3n) is 4.32. The van der Waals surface area contributed by atoms with Gasteiger partial charge in [0.2, 0.25) is 0 Å². The second kappa shape index (κ2) is 6.64. The van der Waals surface area contributed by atoms with Gasteiger partial charge in [-0.15, -0.1) is 0 Å². The normalized spacial score (nSPS) is 22.6. The quantitative estimate of drug-likeness (QED) is 0.673. The fourth-order valence-electron chi connectivity index (χ4n) is 3.04. The topological polar surface area (TPSA) is 12.0 Å². The Hall–Kier alpha value is -0.640. The molecular weight excluding hydrogens is 390 g/mol. The first-order valence-electron chi connectivity index (χ1n) is 7.39. The van der Waals surface area contributed by atoms with Crippen LogP contribution in [0.15, 0.2) is 57.5 Å². The van der Waals surface area contributed by atoms with Gasteiger partial charge in [-0.05, 0) is 55.0 Å². The van der Waals surface area contributed by atoms with E-state index in [2.05, 4.69) is 92.6 Å². The van der Waals surface area contributed by atoms with Crippen molar-refractivity contribution < 1.29 is 0 Å². The van der Waals surface area contributed by atoms with Crippen LogP contribution in [-0.4, -0.2) is 6.04 Å². The van der Waals surface area contributed by atoms with Gasteiger partial charge in [0.05, 0.1) is 0 Å². The van der Waals surface area contributed by atoms with E-state index in [-0.39, 0.29) is 0 Å². The molecular formula is C18H19Br2N. The summed E-state index contributed by atoms with van der Waals surface area (Å²) in [5.74, 6) is 0.688. The second-order valence-electron chi connectivity index (χ2n) is 5.83. The van der Waals surface area contributed by atoms with E-state index in [0.29, 0.717) is 18.0 Å². The second-order valence-corrected chi connectivity index (χ2v) is 7.60. The number of rotatable bonds is 4. The molecule has 0 amide bonds. The monoisotopic (exact) mass is 407 g/mol. The van der Waals surface area contributed by atoms with Gasteiger partial charge in [-0.3, -0.25) is 0 Å². The molecule has 0 saturated heterocycles. The molecule has 110 valence electrons. The molecule has 3 rings (SSSR count). The van der Waals surface area contributed by atoms with E-state index < -0.39 is 0 Å². The van der Waals surface area contributed by atoms with Crippen LogP contribution in [0.4, 0.5) is 0 Å². The van der Waals surface area contributed by atoms with Gasteiger partial charge in [0.25, 0.3) is 0 Å². The molecule has 1 fully saturated rings. The molecule has 0 aliphatic heterocycles. The van der Waals surface area contributed by atoms with Crippen molar-refractivity contribution in [3.63, 3.8) is 0 Å². The smallest absolute Gasteiger partial charge is 0.0294 e. The highest BCUT2D eigenvalue weighted by molar-refractivity contribution is 9.10. The van der Waals surface area contributed by atoms with Crippen LogP contribution < -0.4 is 5.32 Å². The molecule has 21 heavy (non-hydrogen) atoms. The average Bonchev–Trinajstić information content (AvgIpc) is 2.43. The van der Waals surface area contributed by atoms with Crippen molar-refractivity contribution in [3.05, 3.63) is 68.6 Å². The maximum Gasteiger partial charge on any atom is 0.0294 e. The Bertz CT molecular complexity index is 620.